The van der Waals surface area contributed by atoms with Crippen LogP contribution < -0.4 is 9.80 Å². The summed E-state index contributed by atoms with van der Waals surface area (Å²) in [5.74, 6) is 0. The van der Waals surface area contributed by atoms with Crippen molar-refractivity contribution in [3.8, 4) is 11.1 Å². The zero-order valence-corrected chi connectivity index (χ0v) is 44.1. The fourth-order valence-electron chi connectivity index (χ4n) is 9.86. The third-order valence-corrected chi connectivity index (χ3v) is 14.5. The van der Waals surface area contributed by atoms with E-state index >= 15 is 0 Å². The van der Waals surface area contributed by atoms with Crippen LogP contribution in [0.3, 0.4) is 0 Å². The van der Waals surface area contributed by atoms with Crippen LogP contribution in [0, 0.1) is 0 Å². The Morgan fingerprint density at radius 1 is 0.403 bits per heavy atom. The zero-order valence-electron chi connectivity index (χ0n) is 44.1. The highest BCUT2D eigenvalue weighted by Gasteiger charge is 2.25. The van der Waals surface area contributed by atoms with Crippen molar-refractivity contribution in [3.63, 3.8) is 0 Å². The van der Waals surface area contributed by atoms with Gasteiger partial charge >= 0.3 is 0 Å². The van der Waals surface area contributed by atoms with E-state index in [-0.39, 0.29) is 12.2 Å². The molecular weight excluding hydrogens is 885 g/mol. The Morgan fingerprint density at radius 2 is 0.750 bits per heavy atom. The van der Waals surface area contributed by atoms with Gasteiger partial charge in [-0.25, -0.2) is 0 Å². The molecule has 0 N–H and O–H groups in total. The lowest BCUT2D eigenvalue weighted by atomic mass is 10.0. The third kappa shape index (κ3) is 16.6. The second kappa shape index (κ2) is 28.9. The number of rotatable bonds is 34. The molecule has 2 heterocycles. The van der Waals surface area contributed by atoms with Crippen LogP contribution in [0.15, 0.2) is 146 Å². The van der Waals surface area contributed by atoms with Gasteiger partial charge in [0.25, 0.3) is 0 Å². The first-order valence-corrected chi connectivity index (χ1v) is 28.2. The van der Waals surface area contributed by atoms with Gasteiger partial charge in [-0.05, 0) is 158 Å². The highest BCUT2D eigenvalue weighted by atomic mass is 16.6. The number of hydrogen-bond acceptors (Lipinski definition) is 6. The Labute approximate surface area is 434 Å². The molecule has 0 radical (unpaired) electrons. The van der Waals surface area contributed by atoms with Gasteiger partial charge in [0.1, 0.15) is 12.2 Å². The van der Waals surface area contributed by atoms with Crippen molar-refractivity contribution in [2.24, 2.45) is 0 Å². The van der Waals surface area contributed by atoms with Crippen molar-refractivity contribution < 1.29 is 18.9 Å². The largest absolute Gasteiger partial charge is 0.379 e. The summed E-state index contributed by atoms with van der Waals surface area (Å²) < 4.78 is 23.0. The molecule has 2 fully saturated rings. The summed E-state index contributed by atoms with van der Waals surface area (Å²) in [5, 5.41) is 0. The molecule has 6 aromatic carbocycles. The normalized spacial score (nSPS) is 15.4. The summed E-state index contributed by atoms with van der Waals surface area (Å²) >= 11 is 0. The fraction of sp³-hybridized carbons (Fsp3) is 0.455. The third-order valence-electron chi connectivity index (χ3n) is 14.5. The summed E-state index contributed by atoms with van der Waals surface area (Å²) in [6.07, 6.45) is 23.6. The lowest BCUT2D eigenvalue weighted by Gasteiger charge is -2.27. The predicted molar refractivity (Wildman–Crippen MR) is 302 cm³/mol. The molecule has 382 valence electrons. The molecule has 6 nitrogen and oxygen atoms in total. The van der Waals surface area contributed by atoms with Crippen LogP contribution in [0.25, 0.3) is 11.1 Å². The molecule has 0 aliphatic carbocycles. The topological polar surface area (TPSA) is 50.0 Å². The Bertz CT molecular complexity index is 2410. The van der Waals surface area contributed by atoms with Crippen LogP contribution in [-0.2, 0) is 38.2 Å². The summed E-state index contributed by atoms with van der Waals surface area (Å²) in [7, 11) is 0. The van der Waals surface area contributed by atoms with Gasteiger partial charge in [0.15, 0.2) is 0 Å². The van der Waals surface area contributed by atoms with E-state index in [4.69, 9.17) is 18.9 Å². The number of nitrogens with zero attached hydrogens (tertiary/aromatic N) is 2. The van der Waals surface area contributed by atoms with Crippen molar-refractivity contribution in [1.82, 2.24) is 0 Å². The highest BCUT2D eigenvalue weighted by molar-refractivity contribution is 5.81. The van der Waals surface area contributed by atoms with Gasteiger partial charge in [-0.3, -0.25) is 0 Å². The summed E-state index contributed by atoms with van der Waals surface area (Å²) in [6, 6.07) is 55.1. The van der Waals surface area contributed by atoms with Crippen LogP contribution in [0.1, 0.15) is 152 Å². The summed E-state index contributed by atoms with van der Waals surface area (Å²) in [4.78, 5) is 4.80. The predicted octanol–water partition coefficient (Wildman–Crippen LogP) is 18.1. The number of anilines is 6. The SMILES string of the molecule is CCCCCCc1ccc(N(c2ccc(CCCCCCOCC3CO3)cc2)c2ccc(-c3ccc(N(c4ccc(CCCCCC)cc4)c4ccc(C(CCCCC)OCC5CO5)cc4)cc3)cc2)cc1. The quantitative estimate of drug-likeness (QED) is 0.0297. The lowest BCUT2D eigenvalue weighted by molar-refractivity contribution is 0.0347. The standard InChI is InChI=1S/C66H84N2O4/c1-4-7-10-15-19-52-23-35-58(36-24-52)67(59-37-27-54(28-38-59)21-17-12-13-18-47-69-48-64-49-70-64)61-41-29-55(30-42-61)56-31-43-62(44-32-56)68(60-39-25-53(26-40-60)20-16-11-8-5-2)63-45-33-57(34-46-63)66(22-14-9-6-3)72-51-65-50-71-65/h23-46,64-66H,4-22,47-51H2,1-3H3. The van der Waals surface area contributed by atoms with Crippen LogP contribution in [0.5, 0.6) is 0 Å². The minimum atomic E-state index is 0.0773. The van der Waals surface area contributed by atoms with Crippen LogP contribution in [0.2, 0.25) is 0 Å². The number of epoxide rings is 2. The van der Waals surface area contributed by atoms with Crippen molar-refractivity contribution in [1.29, 1.82) is 0 Å². The van der Waals surface area contributed by atoms with Crippen LogP contribution in [-0.4, -0.2) is 45.2 Å². The van der Waals surface area contributed by atoms with E-state index < -0.39 is 0 Å². The van der Waals surface area contributed by atoms with Gasteiger partial charge in [-0.1, -0.05) is 164 Å². The van der Waals surface area contributed by atoms with E-state index in [0.717, 1.165) is 87.7 Å². The maximum Gasteiger partial charge on any atom is 0.104 e. The fourth-order valence-corrected chi connectivity index (χ4v) is 9.86. The zero-order chi connectivity index (χ0) is 49.6. The molecule has 6 aromatic rings. The van der Waals surface area contributed by atoms with Crippen LogP contribution >= 0.6 is 0 Å². The van der Waals surface area contributed by atoms with Crippen molar-refractivity contribution >= 4 is 34.1 Å². The second-order valence-corrected chi connectivity index (χ2v) is 20.4. The molecule has 2 aliphatic rings. The monoisotopic (exact) mass is 969 g/mol. The molecule has 0 saturated carbocycles. The number of benzene rings is 6. The molecule has 72 heavy (non-hydrogen) atoms. The van der Waals surface area contributed by atoms with E-state index in [1.807, 2.05) is 0 Å². The molecule has 3 atom stereocenters. The number of unbranched alkanes of at least 4 members (excludes halogenated alkanes) is 11. The number of aryl methyl sites for hydroxylation is 3. The van der Waals surface area contributed by atoms with E-state index in [1.54, 1.807) is 0 Å². The van der Waals surface area contributed by atoms with Gasteiger partial charge in [0.2, 0.25) is 0 Å². The Morgan fingerprint density at radius 3 is 1.15 bits per heavy atom. The molecule has 0 amide bonds. The van der Waals surface area contributed by atoms with Crippen molar-refractivity contribution in [2.75, 3.05) is 42.8 Å². The van der Waals surface area contributed by atoms with Gasteiger partial charge in [-0.15, -0.1) is 0 Å². The Balaban J connectivity index is 0.990. The molecule has 3 unspecified atom stereocenters. The molecule has 8 rings (SSSR count). The molecule has 0 bridgehead atoms. The maximum absolute atomic E-state index is 6.46. The van der Waals surface area contributed by atoms with E-state index in [0.29, 0.717) is 12.7 Å². The molecule has 0 spiro atoms. The minimum Gasteiger partial charge on any atom is -0.379 e. The van der Waals surface area contributed by atoms with E-state index in [2.05, 4.69) is 176 Å². The van der Waals surface area contributed by atoms with Gasteiger partial charge in [-0.2, -0.15) is 0 Å². The molecule has 0 aromatic heterocycles. The Kier molecular flexibility index (Phi) is 21.3. The van der Waals surface area contributed by atoms with Crippen molar-refractivity contribution in [3.05, 3.63) is 168 Å². The average Bonchev–Trinajstić information content (AvgIpc) is 4.38. The average molecular weight is 969 g/mol. The first-order chi connectivity index (χ1) is 35.6. The molecular formula is C66H84N2O4. The highest BCUT2D eigenvalue weighted by Crippen LogP contribution is 2.39. The first kappa shape index (κ1) is 53.1. The van der Waals surface area contributed by atoms with Gasteiger partial charge < -0.3 is 28.7 Å². The second-order valence-electron chi connectivity index (χ2n) is 20.4. The smallest absolute Gasteiger partial charge is 0.104 e. The molecule has 6 heteroatoms. The number of ether oxygens (including phenoxy) is 4. The lowest BCUT2D eigenvalue weighted by Crippen LogP contribution is -2.12. The Hall–Kier alpha value is -5.24. The van der Waals surface area contributed by atoms with Crippen molar-refractivity contribution in [2.45, 2.75) is 161 Å². The van der Waals surface area contributed by atoms with E-state index in [1.165, 1.54) is 128 Å². The maximum atomic E-state index is 6.46. The van der Waals surface area contributed by atoms with Gasteiger partial charge in [0, 0.05) is 40.7 Å². The molecule has 2 aliphatic heterocycles. The first-order valence-electron chi connectivity index (χ1n) is 28.2. The summed E-state index contributed by atoms with van der Waals surface area (Å²) in [6.45, 7) is 10.8. The van der Waals surface area contributed by atoms with Crippen LogP contribution in [0.4, 0.5) is 34.1 Å². The minimum absolute atomic E-state index is 0.0773. The number of hydrogen-bond donors (Lipinski definition) is 0. The summed E-state index contributed by atoms with van der Waals surface area (Å²) in [5.41, 5.74) is 14.8. The van der Waals surface area contributed by atoms with E-state index in [9.17, 15) is 0 Å². The molecule has 2 saturated heterocycles. The van der Waals surface area contributed by atoms with Gasteiger partial charge in [0.05, 0.1) is 32.5 Å².